The van der Waals surface area contributed by atoms with Gasteiger partial charge in [0, 0.05) is 6.04 Å². The van der Waals surface area contributed by atoms with Crippen LogP contribution in [0.5, 0.6) is 0 Å². The van der Waals surface area contributed by atoms with Crippen molar-refractivity contribution in [2.24, 2.45) is 0 Å². The van der Waals surface area contributed by atoms with Crippen LogP contribution in [0.3, 0.4) is 0 Å². The molecule has 1 aliphatic heterocycles. The maximum absolute atomic E-state index is 12.0. The number of unbranched alkanes of at least 4 members (excludes halogenated alkanes) is 1. The Bertz CT molecular complexity index is 305. The molecule has 1 unspecified atom stereocenters. The topological polar surface area (TPSA) is 49.4 Å². The van der Waals surface area contributed by atoms with Gasteiger partial charge in [0.1, 0.15) is 0 Å². The van der Waals surface area contributed by atoms with Crippen LogP contribution in [-0.4, -0.2) is 47.4 Å². The number of hydrogen-bond acceptors (Lipinski definition) is 4. The third kappa shape index (κ3) is 3.22. The number of amides is 2. The van der Waals surface area contributed by atoms with Crippen molar-refractivity contribution >= 4 is 23.6 Å². The Kier molecular flexibility index (Phi) is 4.45. The van der Waals surface area contributed by atoms with Crippen molar-refractivity contribution < 1.29 is 9.59 Å². The normalized spacial score (nSPS) is 24.8. The van der Waals surface area contributed by atoms with E-state index in [0.29, 0.717) is 6.42 Å². The zero-order chi connectivity index (χ0) is 12.3. The summed E-state index contributed by atoms with van der Waals surface area (Å²) in [6.45, 7) is 0.836. The Labute approximate surface area is 106 Å². The van der Waals surface area contributed by atoms with Crippen LogP contribution in [0.25, 0.3) is 0 Å². The van der Waals surface area contributed by atoms with E-state index < -0.39 is 0 Å². The van der Waals surface area contributed by atoms with Gasteiger partial charge >= 0.3 is 0 Å². The summed E-state index contributed by atoms with van der Waals surface area (Å²) in [6.07, 6.45) is 6.69. The lowest BCUT2D eigenvalue weighted by atomic mass is 10.2. The van der Waals surface area contributed by atoms with Crippen molar-refractivity contribution in [3.8, 4) is 0 Å². The molecule has 96 valence electrons. The van der Waals surface area contributed by atoms with Crippen molar-refractivity contribution in [3.05, 3.63) is 0 Å². The second kappa shape index (κ2) is 5.87. The van der Waals surface area contributed by atoms with Gasteiger partial charge in [0.2, 0.25) is 11.8 Å². The molecule has 5 heteroatoms. The van der Waals surface area contributed by atoms with Crippen molar-refractivity contribution in [2.75, 3.05) is 18.6 Å². The summed E-state index contributed by atoms with van der Waals surface area (Å²) in [7, 11) is 0. The molecule has 2 fully saturated rings. The lowest BCUT2D eigenvalue weighted by molar-refractivity contribution is -0.139. The first-order valence-corrected chi connectivity index (χ1v) is 7.71. The Morgan fingerprint density at radius 2 is 2.12 bits per heavy atom. The number of nitrogens with one attached hydrogen (secondary N) is 1. The van der Waals surface area contributed by atoms with Crippen LogP contribution in [-0.2, 0) is 9.59 Å². The number of carbonyl (C=O) groups is 2. The highest BCUT2D eigenvalue weighted by molar-refractivity contribution is 7.98. The third-order valence-electron chi connectivity index (χ3n) is 3.26. The maximum atomic E-state index is 12.0. The van der Waals surface area contributed by atoms with Crippen LogP contribution in [0, 0.1) is 0 Å². The molecule has 0 radical (unpaired) electrons. The minimum Gasteiger partial charge on any atom is -0.305 e. The van der Waals surface area contributed by atoms with Crippen molar-refractivity contribution in [1.82, 2.24) is 10.2 Å². The van der Waals surface area contributed by atoms with Gasteiger partial charge in [-0.1, -0.05) is 0 Å². The van der Waals surface area contributed by atoms with Crippen LogP contribution in [0.2, 0.25) is 0 Å². The molecule has 1 N–H and O–H groups in total. The number of imide groups is 1. The highest BCUT2D eigenvalue weighted by atomic mass is 32.2. The summed E-state index contributed by atoms with van der Waals surface area (Å²) in [5.74, 6) is 1.18. The molecular formula is C12H20N2O2S. The van der Waals surface area contributed by atoms with Gasteiger partial charge < -0.3 is 5.32 Å². The van der Waals surface area contributed by atoms with Crippen molar-refractivity contribution in [1.29, 1.82) is 0 Å². The highest BCUT2D eigenvalue weighted by Gasteiger charge is 2.45. The van der Waals surface area contributed by atoms with E-state index in [2.05, 4.69) is 11.6 Å². The lowest BCUT2D eigenvalue weighted by Crippen LogP contribution is -2.40. The SMILES string of the molecule is CSCCCCNC1CC(=O)N(C2CC2)C1=O. The molecule has 0 aromatic carbocycles. The Morgan fingerprint density at radius 1 is 1.35 bits per heavy atom. The molecule has 2 rings (SSSR count). The first-order chi connectivity index (χ1) is 8.24. The van der Waals surface area contributed by atoms with Gasteiger partial charge in [0.15, 0.2) is 0 Å². The number of hydrogen-bond donors (Lipinski definition) is 1. The molecule has 4 nitrogen and oxygen atoms in total. The second-order valence-corrected chi connectivity index (χ2v) is 5.73. The van der Waals surface area contributed by atoms with Crippen molar-refractivity contribution in [2.45, 2.75) is 44.2 Å². The molecule has 0 spiro atoms. The fourth-order valence-electron chi connectivity index (χ4n) is 2.17. The largest absolute Gasteiger partial charge is 0.305 e. The van der Waals surface area contributed by atoms with E-state index in [1.54, 1.807) is 0 Å². The molecule has 2 aliphatic rings. The summed E-state index contributed by atoms with van der Waals surface area (Å²) in [4.78, 5) is 25.1. The molecule has 0 aromatic rings. The Hall–Kier alpha value is -0.550. The number of thioether (sulfide) groups is 1. The van der Waals surface area contributed by atoms with Gasteiger partial charge in [-0.15, -0.1) is 0 Å². The molecule has 1 saturated carbocycles. The number of nitrogens with zero attached hydrogens (tertiary/aromatic N) is 1. The minimum absolute atomic E-state index is 0.00219. The molecule has 1 aliphatic carbocycles. The van der Waals surface area contributed by atoms with E-state index in [4.69, 9.17) is 0 Å². The lowest BCUT2D eigenvalue weighted by Gasteiger charge is -2.14. The van der Waals surface area contributed by atoms with E-state index in [1.807, 2.05) is 11.8 Å². The summed E-state index contributed by atoms with van der Waals surface area (Å²) in [5, 5.41) is 3.21. The third-order valence-corrected chi connectivity index (χ3v) is 3.96. The average Bonchev–Trinajstić information content (AvgIpc) is 3.08. The smallest absolute Gasteiger partial charge is 0.247 e. The van der Waals surface area contributed by atoms with E-state index >= 15 is 0 Å². The second-order valence-electron chi connectivity index (χ2n) is 4.74. The van der Waals surface area contributed by atoms with Gasteiger partial charge in [0.25, 0.3) is 0 Å². The number of rotatable bonds is 7. The molecule has 17 heavy (non-hydrogen) atoms. The molecule has 1 atom stereocenters. The number of carbonyl (C=O) groups excluding carboxylic acids is 2. The summed E-state index contributed by atoms with van der Waals surface area (Å²) in [5.41, 5.74) is 0. The molecular weight excluding hydrogens is 236 g/mol. The summed E-state index contributed by atoms with van der Waals surface area (Å²) >= 11 is 1.84. The zero-order valence-electron chi connectivity index (χ0n) is 10.3. The summed E-state index contributed by atoms with van der Waals surface area (Å²) < 4.78 is 0. The fraction of sp³-hybridized carbons (Fsp3) is 0.833. The maximum Gasteiger partial charge on any atom is 0.247 e. The molecule has 1 saturated heterocycles. The van der Waals surface area contributed by atoms with E-state index in [-0.39, 0.29) is 23.9 Å². The average molecular weight is 256 g/mol. The molecule has 0 aromatic heterocycles. The van der Waals surface area contributed by atoms with Crippen LogP contribution < -0.4 is 5.32 Å². The van der Waals surface area contributed by atoms with Crippen molar-refractivity contribution in [3.63, 3.8) is 0 Å². The first-order valence-electron chi connectivity index (χ1n) is 6.32. The Balaban J connectivity index is 1.71. The van der Waals surface area contributed by atoms with Gasteiger partial charge in [-0.05, 0) is 44.2 Å². The van der Waals surface area contributed by atoms with Gasteiger partial charge in [-0.2, -0.15) is 11.8 Å². The fourth-order valence-corrected chi connectivity index (χ4v) is 2.67. The van der Waals surface area contributed by atoms with Crippen LogP contribution in [0.15, 0.2) is 0 Å². The van der Waals surface area contributed by atoms with Gasteiger partial charge in [0.05, 0.1) is 12.5 Å². The standard InChI is InChI=1S/C12H20N2O2S/c1-17-7-3-2-6-13-10-8-11(15)14(12(10)16)9-4-5-9/h9-10,13H,2-8H2,1H3. The van der Waals surface area contributed by atoms with Crippen LogP contribution in [0.4, 0.5) is 0 Å². The van der Waals surface area contributed by atoms with E-state index in [0.717, 1.165) is 38.0 Å². The predicted molar refractivity (Wildman–Crippen MR) is 68.9 cm³/mol. The minimum atomic E-state index is -0.252. The zero-order valence-corrected chi connectivity index (χ0v) is 11.1. The van der Waals surface area contributed by atoms with Gasteiger partial charge in [-0.3, -0.25) is 14.5 Å². The van der Waals surface area contributed by atoms with Gasteiger partial charge in [-0.25, -0.2) is 0 Å². The molecule has 0 bridgehead atoms. The number of likely N-dealkylation sites (tertiary alicyclic amines) is 1. The Morgan fingerprint density at radius 3 is 2.76 bits per heavy atom. The monoisotopic (exact) mass is 256 g/mol. The van der Waals surface area contributed by atoms with E-state index in [1.165, 1.54) is 4.90 Å². The van der Waals surface area contributed by atoms with E-state index in [9.17, 15) is 9.59 Å². The predicted octanol–water partition coefficient (Wildman–Crippen LogP) is 1.01. The van der Waals surface area contributed by atoms with Crippen LogP contribution in [0.1, 0.15) is 32.1 Å². The highest BCUT2D eigenvalue weighted by Crippen LogP contribution is 2.31. The molecule has 2 amide bonds. The first kappa shape index (κ1) is 12.9. The summed E-state index contributed by atoms with van der Waals surface area (Å²) in [6, 6.07) is -0.0318. The quantitative estimate of drug-likeness (QED) is 0.545. The molecule has 1 heterocycles. The van der Waals surface area contributed by atoms with Crippen LogP contribution >= 0.6 is 11.8 Å².